The van der Waals surface area contributed by atoms with Crippen LogP contribution in [0.1, 0.15) is 32.7 Å². The molecular formula is C10H14N6. The zero-order valence-corrected chi connectivity index (χ0v) is 9.38. The molecule has 6 heteroatoms. The number of fused-ring (bicyclic) bond motifs is 1. The van der Waals surface area contributed by atoms with Crippen molar-refractivity contribution >= 4 is 17.0 Å². The predicted octanol–water partition coefficient (Wildman–Crippen LogP) is 1.38. The van der Waals surface area contributed by atoms with Crippen molar-refractivity contribution in [2.24, 2.45) is 0 Å². The summed E-state index contributed by atoms with van der Waals surface area (Å²) in [5, 5.41) is 11.6. The van der Waals surface area contributed by atoms with Crippen molar-refractivity contribution in [1.82, 2.24) is 25.0 Å². The van der Waals surface area contributed by atoms with Crippen LogP contribution in [0.5, 0.6) is 0 Å². The Bertz CT molecular complexity index is 513. The maximum atomic E-state index is 4.26. The standard InChI is InChI=1S/C10H14N6/c1-6(2)13-9-8-10(12-5-11-9)16(15-14-8)7-3-4-7/h5-7H,3-4H2,1-2H3,(H,11,12,13). The van der Waals surface area contributed by atoms with E-state index in [1.807, 2.05) is 4.68 Å². The maximum Gasteiger partial charge on any atom is 0.184 e. The highest BCUT2D eigenvalue weighted by molar-refractivity contribution is 5.82. The lowest BCUT2D eigenvalue weighted by atomic mass is 10.4. The highest BCUT2D eigenvalue weighted by Crippen LogP contribution is 2.36. The quantitative estimate of drug-likeness (QED) is 0.842. The van der Waals surface area contributed by atoms with Crippen LogP contribution < -0.4 is 5.32 Å². The topological polar surface area (TPSA) is 68.5 Å². The lowest BCUT2D eigenvalue weighted by molar-refractivity contribution is 0.624. The lowest BCUT2D eigenvalue weighted by Crippen LogP contribution is -2.11. The molecule has 2 heterocycles. The van der Waals surface area contributed by atoms with Crippen molar-refractivity contribution in [3.05, 3.63) is 6.33 Å². The first-order chi connectivity index (χ1) is 7.75. The summed E-state index contributed by atoms with van der Waals surface area (Å²) >= 11 is 0. The molecule has 0 aromatic carbocycles. The van der Waals surface area contributed by atoms with Gasteiger partial charge in [0.05, 0.1) is 6.04 Å². The van der Waals surface area contributed by atoms with E-state index in [9.17, 15) is 0 Å². The van der Waals surface area contributed by atoms with Gasteiger partial charge in [0, 0.05) is 6.04 Å². The van der Waals surface area contributed by atoms with Gasteiger partial charge in [0.2, 0.25) is 0 Å². The minimum absolute atomic E-state index is 0.323. The molecule has 2 aromatic heterocycles. The third-order valence-electron chi connectivity index (χ3n) is 2.58. The first-order valence-electron chi connectivity index (χ1n) is 5.58. The molecule has 0 amide bonds. The van der Waals surface area contributed by atoms with E-state index in [2.05, 4.69) is 39.4 Å². The van der Waals surface area contributed by atoms with Crippen LogP contribution in [0, 0.1) is 0 Å². The second kappa shape index (κ2) is 3.40. The van der Waals surface area contributed by atoms with E-state index in [4.69, 9.17) is 0 Å². The van der Waals surface area contributed by atoms with Crippen LogP contribution in [-0.4, -0.2) is 31.0 Å². The normalized spacial score (nSPS) is 15.9. The van der Waals surface area contributed by atoms with Gasteiger partial charge in [-0.05, 0) is 26.7 Å². The van der Waals surface area contributed by atoms with E-state index >= 15 is 0 Å². The van der Waals surface area contributed by atoms with Gasteiger partial charge in [-0.25, -0.2) is 14.6 Å². The molecule has 1 aliphatic carbocycles. The fourth-order valence-electron chi connectivity index (χ4n) is 1.71. The van der Waals surface area contributed by atoms with E-state index in [-0.39, 0.29) is 0 Å². The van der Waals surface area contributed by atoms with Crippen molar-refractivity contribution in [3.8, 4) is 0 Å². The average Bonchev–Trinajstić information content (AvgIpc) is 2.98. The minimum atomic E-state index is 0.323. The molecule has 84 valence electrons. The van der Waals surface area contributed by atoms with Crippen molar-refractivity contribution in [2.45, 2.75) is 38.8 Å². The van der Waals surface area contributed by atoms with Crippen LogP contribution in [0.25, 0.3) is 11.2 Å². The summed E-state index contributed by atoms with van der Waals surface area (Å²) in [5.74, 6) is 0.770. The molecule has 0 unspecified atom stereocenters. The summed E-state index contributed by atoms with van der Waals surface area (Å²) in [6.07, 6.45) is 3.92. The molecule has 0 radical (unpaired) electrons. The second-order valence-corrected chi connectivity index (χ2v) is 4.46. The van der Waals surface area contributed by atoms with Crippen molar-refractivity contribution in [2.75, 3.05) is 5.32 Å². The molecule has 0 saturated heterocycles. The zero-order valence-electron chi connectivity index (χ0n) is 9.38. The van der Waals surface area contributed by atoms with Gasteiger partial charge in [0.25, 0.3) is 0 Å². The van der Waals surface area contributed by atoms with Gasteiger partial charge in [-0.2, -0.15) is 0 Å². The molecule has 0 spiro atoms. The summed E-state index contributed by atoms with van der Waals surface area (Å²) in [4.78, 5) is 8.46. The predicted molar refractivity (Wildman–Crippen MR) is 60.1 cm³/mol. The molecule has 1 fully saturated rings. The SMILES string of the molecule is CC(C)Nc1ncnc2c1nnn2C1CC1. The van der Waals surface area contributed by atoms with Crippen molar-refractivity contribution in [3.63, 3.8) is 0 Å². The lowest BCUT2D eigenvalue weighted by Gasteiger charge is -2.08. The third-order valence-corrected chi connectivity index (χ3v) is 2.58. The maximum absolute atomic E-state index is 4.26. The number of aromatic nitrogens is 5. The highest BCUT2D eigenvalue weighted by atomic mass is 15.5. The van der Waals surface area contributed by atoms with Gasteiger partial charge in [-0.1, -0.05) is 5.21 Å². The minimum Gasteiger partial charge on any atom is -0.366 e. The van der Waals surface area contributed by atoms with Crippen LogP contribution in [0.3, 0.4) is 0 Å². The monoisotopic (exact) mass is 218 g/mol. The zero-order chi connectivity index (χ0) is 11.1. The Morgan fingerprint density at radius 2 is 2.19 bits per heavy atom. The fraction of sp³-hybridized carbons (Fsp3) is 0.600. The van der Waals surface area contributed by atoms with E-state index in [1.54, 1.807) is 6.33 Å². The molecule has 1 N–H and O–H groups in total. The van der Waals surface area contributed by atoms with Gasteiger partial charge < -0.3 is 5.32 Å². The van der Waals surface area contributed by atoms with Crippen LogP contribution in [0.4, 0.5) is 5.82 Å². The third kappa shape index (κ3) is 1.50. The van der Waals surface area contributed by atoms with Crippen LogP contribution >= 0.6 is 0 Å². The molecule has 3 rings (SSSR count). The van der Waals surface area contributed by atoms with Crippen LogP contribution in [0.15, 0.2) is 6.33 Å². The first kappa shape index (κ1) is 9.50. The smallest absolute Gasteiger partial charge is 0.184 e. The number of nitrogens with one attached hydrogen (secondary N) is 1. The van der Waals surface area contributed by atoms with Gasteiger partial charge in [0.1, 0.15) is 6.33 Å². The van der Waals surface area contributed by atoms with Crippen LogP contribution in [0.2, 0.25) is 0 Å². The van der Waals surface area contributed by atoms with Crippen molar-refractivity contribution in [1.29, 1.82) is 0 Å². The average molecular weight is 218 g/mol. The molecule has 16 heavy (non-hydrogen) atoms. The fourth-order valence-corrected chi connectivity index (χ4v) is 1.71. The van der Waals surface area contributed by atoms with Gasteiger partial charge >= 0.3 is 0 Å². The number of hydrogen-bond donors (Lipinski definition) is 1. The summed E-state index contributed by atoms with van der Waals surface area (Å²) < 4.78 is 1.91. The Labute approximate surface area is 93.1 Å². The first-order valence-corrected chi connectivity index (χ1v) is 5.58. The number of hydrogen-bond acceptors (Lipinski definition) is 5. The summed E-state index contributed by atoms with van der Waals surface area (Å²) in [6, 6.07) is 0.816. The Hall–Kier alpha value is -1.72. The molecule has 1 saturated carbocycles. The van der Waals surface area contributed by atoms with Crippen LogP contribution in [-0.2, 0) is 0 Å². The Kier molecular flexibility index (Phi) is 2.02. The number of anilines is 1. The molecule has 0 atom stereocenters. The molecule has 2 aromatic rings. The highest BCUT2D eigenvalue weighted by Gasteiger charge is 2.27. The molecular weight excluding hydrogens is 204 g/mol. The molecule has 1 aliphatic rings. The Balaban J connectivity index is 2.09. The molecule has 6 nitrogen and oxygen atoms in total. The van der Waals surface area contributed by atoms with Gasteiger partial charge in [0.15, 0.2) is 17.0 Å². The number of nitrogens with zero attached hydrogens (tertiary/aromatic N) is 5. The Morgan fingerprint density at radius 1 is 1.38 bits per heavy atom. The summed E-state index contributed by atoms with van der Waals surface area (Å²) in [6.45, 7) is 4.14. The van der Waals surface area contributed by atoms with E-state index in [1.165, 1.54) is 12.8 Å². The van der Waals surface area contributed by atoms with E-state index in [0.717, 1.165) is 17.0 Å². The molecule has 0 aliphatic heterocycles. The molecule has 0 bridgehead atoms. The number of rotatable bonds is 3. The largest absolute Gasteiger partial charge is 0.366 e. The van der Waals surface area contributed by atoms with Gasteiger partial charge in [-0.15, -0.1) is 5.10 Å². The second-order valence-electron chi connectivity index (χ2n) is 4.46. The van der Waals surface area contributed by atoms with E-state index in [0.29, 0.717) is 12.1 Å². The summed E-state index contributed by atoms with van der Waals surface area (Å²) in [7, 11) is 0. The Morgan fingerprint density at radius 3 is 2.88 bits per heavy atom. The summed E-state index contributed by atoms with van der Waals surface area (Å²) in [5.41, 5.74) is 1.60. The van der Waals surface area contributed by atoms with Crippen molar-refractivity contribution < 1.29 is 0 Å². The van der Waals surface area contributed by atoms with E-state index < -0.39 is 0 Å². The van der Waals surface area contributed by atoms with Gasteiger partial charge in [-0.3, -0.25) is 0 Å².